The van der Waals surface area contributed by atoms with Crippen LogP contribution in [0, 0.1) is 5.92 Å². The molecule has 2 rings (SSSR count). The van der Waals surface area contributed by atoms with E-state index in [0.717, 1.165) is 37.1 Å². The standard InChI is InChI=1S/C26H35N3O3/c1-20(2)25(31)29(22-12-8-7-9-13-22)23-17-15-21(16-18-23)26(32)28(4)19-11-6-5-10-14-24(30)27-3/h7-9,12-13,15-18,20H,5-6,10-11,14,19H2,1-4H3,(H,27,30). The fraction of sp³-hybridized carbons (Fsp3) is 0.423. The molecule has 0 bridgehead atoms. The molecule has 32 heavy (non-hydrogen) atoms. The Hall–Kier alpha value is -3.15. The van der Waals surface area contributed by atoms with E-state index in [1.807, 2.05) is 56.3 Å². The van der Waals surface area contributed by atoms with Gasteiger partial charge < -0.3 is 10.2 Å². The highest BCUT2D eigenvalue weighted by Crippen LogP contribution is 2.27. The molecule has 0 aliphatic rings. The van der Waals surface area contributed by atoms with Gasteiger partial charge in [0.1, 0.15) is 0 Å². The van der Waals surface area contributed by atoms with Crippen LogP contribution in [-0.4, -0.2) is 43.3 Å². The Balaban J connectivity index is 1.97. The number of benzene rings is 2. The van der Waals surface area contributed by atoms with E-state index in [1.165, 1.54) is 0 Å². The first-order valence-corrected chi connectivity index (χ1v) is 11.3. The summed E-state index contributed by atoms with van der Waals surface area (Å²) in [7, 11) is 3.45. The van der Waals surface area contributed by atoms with Gasteiger partial charge in [0.2, 0.25) is 11.8 Å². The predicted octanol–water partition coefficient (Wildman–Crippen LogP) is 4.78. The molecule has 0 aliphatic heterocycles. The highest BCUT2D eigenvalue weighted by molar-refractivity contribution is 6.02. The SMILES string of the molecule is CNC(=O)CCCCCCN(C)C(=O)c1ccc(N(C(=O)C(C)C)c2ccccc2)cc1. The van der Waals surface area contributed by atoms with Gasteiger partial charge in [-0.2, -0.15) is 0 Å². The molecule has 0 radical (unpaired) electrons. The first-order chi connectivity index (χ1) is 15.3. The third-order valence-electron chi connectivity index (χ3n) is 5.37. The minimum atomic E-state index is -0.154. The second kappa shape index (κ2) is 12.6. The molecule has 0 aromatic heterocycles. The molecule has 6 heteroatoms. The van der Waals surface area contributed by atoms with Crippen molar-refractivity contribution < 1.29 is 14.4 Å². The zero-order chi connectivity index (χ0) is 23.5. The number of rotatable bonds is 11. The molecule has 0 atom stereocenters. The van der Waals surface area contributed by atoms with Crippen molar-refractivity contribution in [1.29, 1.82) is 0 Å². The zero-order valence-corrected chi connectivity index (χ0v) is 19.6. The van der Waals surface area contributed by atoms with Gasteiger partial charge in [0, 0.05) is 49.9 Å². The molecule has 0 spiro atoms. The summed E-state index contributed by atoms with van der Waals surface area (Å²) in [6.45, 7) is 4.43. The number of amides is 3. The van der Waals surface area contributed by atoms with E-state index < -0.39 is 0 Å². The Kier molecular flexibility index (Phi) is 9.92. The molecule has 2 aromatic carbocycles. The molecule has 1 N–H and O–H groups in total. The Morgan fingerprint density at radius 2 is 1.44 bits per heavy atom. The van der Waals surface area contributed by atoms with Crippen LogP contribution in [0.4, 0.5) is 11.4 Å². The lowest BCUT2D eigenvalue weighted by molar-refractivity contribution is -0.121. The van der Waals surface area contributed by atoms with E-state index >= 15 is 0 Å². The average molecular weight is 438 g/mol. The summed E-state index contributed by atoms with van der Waals surface area (Å²) < 4.78 is 0. The van der Waals surface area contributed by atoms with Crippen LogP contribution in [0.5, 0.6) is 0 Å². The maximum Gasteiger partial charge on any atom is 0.253 e. The molecular formula is C26H35N3O3. The molecule has 6 nitrogen and oxygen atoms in total. The highest BCUT2D eigenvalue weighted by atomic mass is 16.2. The normalized spacial score (nSPS) is 10.7. The molecule has 2 aromatic rings. The molecule has 172 valence electrons. The maximum atomic E-state index is 12.8. The van der Waals surface area contributed by atoms with Crippen LogP contribution in [0.25, 0.3) is 0 Å². The van der Waals surface area contributed by atoms with E-state index in [9.17, 15) is 14.4 Å². The van der Waals surface area contributed by atoms with E-state index in [-0.39, 0.29) is 23.6 Å². The van der Waals surface area contributed by atoms with Gasteiger partial charge in [-0.25, -0.2) is 0 Å². The Bertz CT molecular complexity index is 879. The van der Waals surface area contributed by atoms with Gasteiger partial charge in [-0.15, -0.1) is 0 Å². The van der Waals surface area contributed by atoms with Gasteiger partial charge in [-0.05, 0) is 49.2 Å². The Morgan fingerprint density at radius 3 is 2.03 bits per heavy atom. The topological polar surface area (TPSA) is 69.7 Å². The van der Waals surface area contributed by atoms with E-state index in [0.29, 0.717) is 18.5 Å². The van der Waals surface area contributed by atoms with Gasteiger partial charge in [-0.1, -0.05) is 44.9 Å². The molecule has 3 amide bonds. The van der Waals surface area contributed by atoms with Crippen LogP contribution in [0.1, 0.15) is 56.3 Å². The first-order valence-electron chi connectivity index (χ1n) is 11.3. The van der Waals surface area contributed by atoms with Crippen molar-refractivity contribution >= 4 is 29.1 Å². The summed E-state index contributed by atoms with van der Waals surface area (Å²) in [4.78, 5) is 40.3. The van der Waals surface area contributed by atoms with E-state index in [2.05, 4.69) is 5.32 Å². The predicted molar refractivity (Wildman–Crippen MR) is 129 cm³/mol. The maximum absolute atomic E-state index is 12.8. The summed E-state index contributed by atoms with van der Waals surface area (Å²) in [6.07, 6.45) is 4.28. The monoisotopic (exact) mass is 437 g/mol. The second-order valence-electron chi connectivity index (χ2n) is 8.27. The summed E-state index contributed by atoms with van der Waals surface area (Å²) in [6, 6.07) is 16.7. The van der Waals surface area contributed by atoms with Crippen molar-refractivity contribution in [2.45, 2.75) is 46.0 Å². The molecule has 0 unspecified atom stereocenters. The van der Waals surface area contributed by atoms with Crippen LogP contribution >= 0.6 is 0 Å². The number of hydrogen-bond donors (Lipinski definition) is 1. The van der Waals surface area contributed by atoms with Crippen LogP contribution < -0.4 is 10.2 Å². The Labute approximate surface area is 191 Å². The minimum absolute atomic E-state index is 0.00353. The molecule has 0 fully saturated rings. The van der Waals surface area contributed by atoms with Crippen molar-refractivity contribution in [3.05, 3.63) is 60.2 Å². The van der Waals surface area contributed by atoms with Gasteiger partial charge in [0.05, 0.1) is 0 Å². The summed E-state index contributed by atoms with van der Waals surface area (Å²) >= 11 is 0. The van der Waals surface area contributed by atoms with Crippen molar-refractivity contribution in [3.63, 3.8) is 0 Å². The minimum Gasteiger partial charge on any atom is -0.359 e. The number of para-hydroxylation sites is 1. The smallest absolute Gasteiger partial charge is 0.253 e. The largest absolute Gasteiger partial charge is 0.359 e. The van der Waals surface area contributed by atoms with Crippen molar-refractivity contribution in [2.75, 3.05) is 25.5 Å². The van der Waals surface area contributed by atoms with Gasteiger partial charge in [0.15, 0.2) is 0 Å². The molecular weight excluding hydrogens is 402 g/mol. The van der Waals surface area contributed by atoms with Crippen molar-refractivity contribution in [2.24, 2.45) is 5.92 Å². The third kappa shape index (κ3) is 7.22. The summed E-state index contributed by atoms with van der Waals surface area (Å²) in [5.74, 6) is -0.118. The number of nitrogens with zero attached hydrogens (tertiary/aromatic N) is 2. The fourth-order valence-corrected chi connectivity index (χ4v) is 3.43. The molecule has 0 aliphatic carbocycles. The fourth-order valence-electron chi connectivity index (χ4n) is 3.43. The zero-order valence-electron chi connectivity index (χ0n) is 19.6. The van der Waals surface area contributed by atoms with Gasteiger partial charge in [-0.3, -0.25) is 19.3 Å². The van der Waals surface area contributed by atoms with Crippen molar-refractivity contribution in [1.82, 2.24) is 10.2 Å². The Morgan fingerprint density at radius 1 is 0.844 bits per heavy atom. The highest BCUT2D eigenvalue weighted by Gasteiger charge is 2.21. The number of carbonyl (C=O) groups excluding carboxylic acids is 3. The van der Waals surface area contributed by atoms with Gasteiger partial charge in [0.25, 0.3) is 5.91 Å². The third-order valence-corrected chi connectivity index (χ3v) is 5.37. The molecule has 0 heterocycles. The average Bonchev–Trinajstić information content (AvgIpc) is 2.81. The van der Waals surface area contributed by atoms with Crippen molar-refractivity contribution in [3.8, 4) is 0 Å². The number of nitrogens with one attached hydrogen (secondary N) is 1. The van der Waals surface area contributed by atoms with E-state index in [4.69, 9.17) is 0 Å². The number of unbranched alkanes of at least 4 members (excludes halogenated alkanes) is 3. The van der Waals surface area contributed by atoms with Crippen LogP contribution in [0.2, 0.25) is 0 Å². The van der Waals surface area contributed by atoms with E-state index in [1.54, 1.807) is 36.0 Å². The van der Waals surface area contributed by atoms with Crippen LogP contribution in [-0.2, 0) is 9.59 Å². The lowest BCUT2D eigenvalue weighted by Gasteiger charge is -2.25. The molecule has 0 saturated heterocycles. The first kappa shape index (κ1) is 25.1. The lowest BCUT2D eigenvalue weighted by atomic mass is 10.1. The van der Waals surface area contributed by atoms with Crippen LogP contribution in [0.15, 0.2) is 54.6 Å². The summed E-state index contributed by atoms with van der Waals surface area (Å²) in [5, 5.41) is 2.63. The van der Waals surface area contributed by atoms with Gasteiger partial charge >= 0.3 is 0 Å². The number of hydrogen-bond acceptors (Lipinski definition) is 3. The quantitative estimate of drug-likeness (QED) is 0.515. The second-order valence-corrected chi connectivity index (χ2v) is 8.27. The summed E-state index contributed by atoms with van der Waals surface area (Å²) in [5.41, 5.74) is 2.14. The number of anilines is 2. The lowest BCUT2D eigenvalue weighted by Crippen LogP contribution is -2.30. The van der Waals surface area contributed by atoms with Crippen LogP contribution in [0.3, 0.4) is 0 Å². The number of carbonyl (C=O) groups is 3. The molecule has 0 saturated carbocycles.